The summed E-state index contributed by atoms with van der Waals surface area (Å²) in [6, 6.07) is 6.26. The van der Waals surface area contributed by atoms with E-state index in [0.717, 1.165) is 11.3 Å². The van der Waals surface area contributed by atoms with Gasteiger partial charge in [0.25, 0.3) is 0 Å². The smallest absolute Gasteiger partial charge is 0.249 e. The molecule has 11 nitrogen and oxygen atoms in total. The zero-order chi connectivity index (χ0) is 25.4. The molecule has 0 bridgehead atoms. The number of fused-ring (bicyclic) bond motifs is 2. The summed E-state index contributed by atoms with van der Waals surface area (Å²) in [5, 5.41) is 54.2. The van der Waals surface area contributed by atoms with Crippen LogP contribution in [0.5, 0.6) is 5.75 Å². The molecule has 4 rings (SSSR count). The molecule has 1 aromatic rings. The molecule has 1 unspecified atom stereocenters. The van der Waals surface area contributed by atoms with Gasteiger partial charge in [-0.15, -0.1) is 0 Å². The number of aliphatic hydroxyl groups is 4. The topological polar surface area (TPSA) is 154 Å². The molecule has 3 fully saturated rings. The van der Waals surface area contributed by atoms with Crippen molar-refractivity contribution in [2.45, 2.75) is 87.1 Å². The summed E-state index contributed by atoms with van der Waals surface area (Å²) < 4.78 is 23.5. The highest BCUT2D eigenvalue weighted by atomic mass is 16.8. The summed E-state index contributed by atoms with van der Waals surface area (Å²) >= 11 is 0. The summed E-state index contributed by atoms with van der Waals surface area (Å²) in [7, 11) is 3.29. The van der Waals surface area contributed by atoms with Crippen molar-refractivity contribution in [2.24, 2.45) is 0 Å². The standard InChI is InChI=1S/C24H39N3O8/c1-5-32-15-8-6-14(7-9-15)11-27-12-23(30)10-13(2)33-22-24(23,31)35-20-17(26-4)18(28)16(25-3)19(29)21(20)34-22/h6-9,13,16-22,25-31H,5,10-12H2,1-4H3/t13-,16-,17+,18+,19+,20-,21?,22+,23-,24-/m1/s1. The highest BCUT2D eigenvalue weighted by Crippen LogP contribution is 2.46. The Balaban J connectivity index is 1.52. The van der Waals surface area contributed by atoms with E-state index >= 15 is 0 Å². The molecule has 1 saturated carbocycles. The number of likely N-dealkylation sites (N-methyl/N-ethyl adjacent to an activating group) is 2. The van der Waals surface area contributed by atoms with E-state index in [9.17, 15) is 20.4 Å². The van der Waals surface area contributed by atoms with Gasteiger partial charge in [0, 0.05) is 19.5 Å². The van der Waals surface area contributed by atoms with Crippen molar-refractivity contribution in [3.8, 4) is 5.75 Å². The third-order valence-electron chi connectivity index (χ3n) is 7.33. The van der Waals surface area contributed by atoms with Crippen molar-refractivity contribution in [2.75, 3.05) is 27.2 Å². The lowest BCUT2D eigenvalue weighted by molar-refractivity contribution is -0.482. The second-order valence-corrected chi connectivity index (χ2v) is 9.68. The Hall–Kier alpha value is -1.38. The van der Waals surface area contributed by atoms with Crippen LogP contribution >= 0.6 is 0 Å². The number of nitrogens with one attached hydrogen (secondary N) is 3. The average molecular weight is 498 g/mol. The molecule has 0 aromatic heterocycles. The van der Waals surface area contributed by atoms with Gasteiger partial charge in [0.2, 0.25) is 12.1 Å². The normalized spacial score (nSPS) is 43.3. The maximum Gasteiger partial charge on any atom is 0.249 e. The minimum Gasteiger partial charge on any atom is -0.494 e. The molecule has 35 heavy (non-hydrogen) atoms. The summed E-state index contributed by atoms with van der Waals surface area (Å²) in [6.07, 6.45) is -5.67. The molecule has 10 atom stereocenters. The fourth-order valence-electron chi connectivity index (χ4n) is 5.51. The van der Waals surface area contributed by atoms with E-state index in [2.05, 4.69) is 16.0 Å². The van der Waals surface area contributed by atoms with Gasteiger partial charge in [0.05, 0.1) is 30.9 Å². The van der Waals surface area contributed by atoms with Gasteiger partial charge in [-0.05, 0) is 45.6 Å². The maximum absolute atomic E-state index is 11.7. The summed E-state index contributed by atoms with van der Waals surface area (Å²) in [5.41, 5.74) is -0.784. The molecule has 2 saturated heterocycles. The van der Waals surface area contributed by atoms with Crippen LogP contribution in [0.4, 0.5) is 0 Å². The molecule has 0 spiro atoms. The molecule has 1 aliphatic carbocycles. The van der Waals surface area contributed by atoms with E-state index in [4.69, 9.17) is 18.9 Å². The van der Waals surface area contributed by atoms with Gasteiger partial charge < -0.3 is 55.3 Å². The van der Waals surface area contributed by atoms with Crippen LogP contribution in [0.15, 0.2) is 24.3 Å². The Morgan fingerprint density at radius 2 is 1.69 bits per heavy atom. The van der Waals surface area contributed by atoms with Crippen LogP contribution in [0.25, 0.3) is 0 Å². The van der Waals surface area contributed by atoms with Gasteiger partial charge in [-0.1, -0.05) is 12.1 Å². The SMILES string of the molecule is CCOc1ccc(CNC[C@]2(O)C[C@@H](C)O[C@H]3OC4[C@@H](O)[C@H](NC)[C@H](O)[C@H](NC)[C@H]4O[C@]32O)cc1. The predicted molar refractivity (Wildman–Crippen MR) is 126 cm³/mol. The van der Waals surface area contributed by atoms with Gasteiger partial charge in [-0.25, -0.2) is 0 Å². The summed E-state index contributed by atoms with van der Waals surface area (Å²) in [4.78, 5) is 0. The molecule has 2 aliphatic heterocycles. The maximum atomic E-state index is 11.7. The van der Waals surface area contributed by atoms with Crippen LogP contribution in [0.2, 0.25) is 0 Å². The Labute approximate surface area is 205 Å². The van der Waals surface area contributed by atoms with Gasteiger partial charge in [0.1, 0.15) is 29.7 Å². The van der Waals surface area contributed by atoms with Crippen molar-refractivity contribution in [3.05, 3.63) is 29.8 Å². The van der Waals surface area contributed by atoms with E-state index in [1.165, 1.54) is 0 Å². The van der Waals surface area contributed by atoms with E-state index < -0.39 is 60.3 Å². The van der Waals surface area contributed by atoms with Crippen LogP contribution in [-0.2, 0) is 20.8 Å². The quantitative estimate of drug-likeness (QED) is 0.223. The van der Waals surface area contributed by atoms with Crippen molar-refractivity contribution in [1.82, 2.24) is 16.0 Å². The van der Waals surface area contributed by atoms with Gasteiger partial charge >= 0.3 is 0 Å². The fourth-order valence-corrected chi connectivity index (χ4v) is 5.51. The van der Waals surface area contributed by atoms with E-state index in [1.54, 1.807) is 21.0 Å². The van der Waals surface area contributed by atoms with Gasteiger partial charge in [-0.3, -0.25) is 0 Å². The Morgan fingerprint density at radius 3 is 2.31 bits per heavy atom. The number of benzene rings is 1. The average Bonchev–Trinajstić information content (AvgIpc) is 2.81. The van der Waals surface area contributed by atoms with Crippen molar-refractivity contribution < 1.29 is 39.4 Å². The Kier molecular flexibility index (Phi) is 8.04. The predicted octanol–water partition coefficient (Wildman–Crippen LogP) is -1.58. The molecule has 2 heterocycles. The summed E-state index contributed by atoms with van der Waals surface area (Å²) in [6.45, 7) is 4.73. The van der Waals surface area contributed by atoms with Crippen molar-refractivity contribution >= 4 is 0 Å². The molecule has 0 amide bonds. The zero-order valence-electron chi connectivity index (χ0n) is 20.7. The first-order valence-electron chi connectivity index (χ1n) is 12.2. The molecule has 11 heteroatoms. The molecular weight excluding hydrogens is 458 g/mol. The molecule has 7 N–H and O–H groups in total. The fraction of sp³-hybridized carbons (Fsp3) is 0.750. The number of rotatable bonds is 8. The largest absolute Gasteiger partial charge is 0.494 e. The monoisotopic (exact) mass is 497 g/mol. The molecule has 0 radical (unpaired) electrons. The van der Waals surface area contributed by atoms with Gasteiger partial charge in [-0.2, -0.15) is 0 Å². The minimum atomic E-state index is -2.23. The van der Waals surface area contributed by atoms with Crippen LogP contribution in [-0.4, -0.2) is 108 Å². The van der Waals surface area contributed by atoms with Crippen molar-refractivity contribution in [3.63, 3.8) is 0 Å². The van der Waals surface area contributed by atoms with Crippen LogP contribution < -0.4 is 20.7 Å². The first kappa shape index (κ1) is 26.7. The minimum absolute atomic E-state index is 0.00384. The van der Waals surface area contributed by atoms with Crippen LogP contribution in [0.3, 0.4) is 0 Å². The van der Waals surface area contributed by atoms with E-state index in [0.29, 0.717) is 13.2 Å². The second kappa shape index (κ2) is 10.5. The Morgan fingerprint density at radius 1 is 1.00 bits per heavy atom. The number of ether oxygens (including phenoxy) is 4. The molecular formula is C24H39N3O8. The third kappa shape index (κ3) is 4.82. The van der Waals surface area contributed by atoms with Crippen molar-refractivity contribution in [1.29, 1.82) is 0 Å². The van der Waals surface area contributed by atoms with Crippen LogP contribution in [0, 0.1) is 0 Å². The second-order valence-electron chi connectivity index (χ2n) is 9.68. The molecule has 198 valence electrons. The van der Waals surface area contributed by atoms with Gasteiger partial charge in [0.15, 0.2) is 0 Å². The highest BCUT2D eigenvalue weighted by molar-refractivity contribution is 5.27. The lowest BCUT2D eigenvalue weighted by Gasteiger charge is -2.60. The Bertz CT molecular complexity index is 847. The summed E-state index contributed by atoms with van der Waals surface area (Å²) in [5.74, 6) is -1.45. The number of aliphatic hydroxyl groups excluding tert-OH is 2. The van der Waals surface area contributed by atoms with Crippen LogP contribution in [0.1, 0.15) is 25.8 Å². The molecule has 1 aromatic carbocycles. The molecule has 3 aliphatic rings. The first-order valence-corrected chi connectivity index (χ1v) is 12.2. The first-order chi connectivity index (χ1) is 16.7. The third-order valence-corrected chi connectivity index (χ3v) is 7.33. The number of hydrogen-bond acceptors (Lipinski definition) is 11. The lowest BCUT2D eigenvalue weighted by atomic mass is 9.77. The zero-order valence-corrected chi connectivity index (χ0v) is 20.7. The lowest BCUT2D eigenvalue weighted by Crippen LogP contribution is -2.81. The van der Waals surface area contributed by atoms with E-state index in [-0.39, 0.29) is 13.0 Å². The highest BCUT2D eigenvalue weighted by Gasteiger charge is 2.68. The van der Waals surface area contributed by atoms with E-state index in [1.807, 2.05) is 31.2 Å². The number of hydrogen-bond donors (Lipinski definition) is 7.